The Kier molecular flexibility index (Phi) is 7.63. The van der Waals surface area contributed by atoms with Crippen LogP contribution in [0.4, 0.5) is 17.6 Å². The molecule has 0 aliphatic heterocycles. The molecule has 0 atom stereocenters. The number of hydrogen-bond acceptors (Lipinski definition) is 5. The number of benzene rings is 2. The second-order valence-corrected chi connectivity index (χ2v) is 10.3. The van der Waals surface area contributed by atoms with E-state index in [4.69, 9.17) is 0 Å². The van der Waals surface area contributed by atoms with Crippen LogP contribution in [0.3, 0.4) is 0 Å². The number of carbonyl (C=O) groups is 1. The third kappa shape index (κ3) is 4.63. The molecule has 0 saturated carbocycles. The van der Waals surface area contributed by atoms with Gasteiger partial charge in [0.1, 0.15) is 15.0 Å². The molecule has 5 nitrogen and oxygen atoms in total. The molecule has 0 unspecified atom stereocenters. The molecule has 146 valence electrons. The van der Waals surface area contributed by atoms with E-state index in [1.807, 2.05) is 67.8 Å². The molecule has 0 aliphatic rings. The first-order valence-electron chi connectivity index (χ1n) is 6.16. The standard InChI is InChI=1S/C13H2F4I4O5S/c14-4-6(16)12(27(23,24)25)7(17)5(15)11(4)26-13(22)2-1-3(18)9(20)10(21)8(2)19/h1H,(H,23,24,25)/p-1. The molecule has 0 saturated heterocycles. The summed E-state index contributed by atoms with van der Waals surface area (Å²) in [4.78, 5) is 9.94. The van der Waals surface area contributed by atoms with Crippen molar-refractivity contribution in [1.29, 1.82) is 0 Å². The summed E-state index contributed by atoms with van der Waals surface area (Å²) in [6.07, 6.45) is 0. The van der Waals surface area contributed by atoms with Crippen LogP contribution in [0.25, 0.3) is 0 Å². The summed E-state index contributed by atoms with van der Waals surface area (Å²) in [6, 6.07) is 1.34. The molecule has 0 fully saturated rings. The highest BCUT2D eigenvalue weighted by atomic mass is 127. The summed E-state index contributed by atoms with van der Waals surface area (Å²) in [5.74, 6) is -12.7. The minimum atomic E-state index is -5.85. The van der Waals surface area contributed by atoms with Gasteiger partial charge in [0.05, 0.1) is 5.56 Å². The van der Waals surface area contributed by atoms with E-state index in [2.05, 4.69) is 4.74 Å². The summed E-state index contributed by atoms with van der Waals surface area (Å²) < 4.78 is 94.7. The minimum Gasteiger partial charge on any atom is -0.744 e. The fourth-order valence-corrected chi connectivity index (χ4v) is 5.65. The lowest BCUT2D eigenvalue weighted by Gasteiger charge is -2.15. The lowest BCUT2D eigenvalue weighted by atomic mass is 10.2. The zero-order chi connectivity index (χ0) is 20.8. The van der Waals surface area contributed by atoms with E-state index in [9.17, 15) is 35.3 Å². The van der Waals surface area contributed by atoms with Gasteiger partial charge in [-0.25, -0.2) is 22.0 Å². The average Bonchev–Trinajstić information content (AvgIpc) is 2.57. The Balaban J connectivity index is 2.62. The van der Waals surface area contributed by atoms with Gasteiger partial charge >= 0.3 is 5.97 Å². The highest BCUT2D eigenvalue weighted by Crippen LogP contribution is 2.34. The van der Waals surface area contributed by atoms with E-state index in [0.717, 1.165) is 3.57 Å². The van der Waals surface area contributed by atoms with Gasteiger partial charge in [0.25, 0.3) is 0 Å². The second-order valence-electron chi connectivity index (χ2n) is 4.61. The second kappa shape index (κ2) is 8.68. The third-order valence-electron chi connectivity index (χ3n) is 2.95. The summed E-state index contributed by atoms with van der Waals surface area (Å²) in [5.41, 5.74) is -0.134. The Morgan fingerprint density at radius 3 is 1.81 bits per heavy atom. The van der Waals surface area contributed by atoms with Gasteiger partial charge < -0.3 is 9.29 Å². The predicted molar refractivity (Wildman–Crippen MR) is 117 cm³/mol. The Labute approximate surface area is 203 Å². The van der Waals surface area contributed by atoms with Gasteiger partial charge in [-0.2, -0.15) is 8.78 Å². The summed E-state index contributed by atoms with van der Waals surface area (Å²) in [6.45, 7) is 0. The SMILES string of the molecule is O=C(Oc1c(F)c(F)c(S(=O)(=O)[O-])c(F)c1F)c1cc(I)c(I)c(I)c1I. The number of carbonyl (C=O) groups excluding carboxylic acids is 1. The van der Waals surface area contributed by atoms with Crippen LogP contribution >= 0.6 is 90.4 Å². The highest BCUT2D eigenvalue weighted by molar-refractivity contribution is 14.1. The third-order valence-corrected chi connectivity index (χ3v) is 11.1. The van der Waals surface area contributed by atoms with Crippen molar-refractivity contribution < 1.29 is 40.1 Å². The molecule has 0 heterocycles. The Hall–Kier alpha value is 0.460. The van der Waals surface area contributed by atoms with Gasteiger partial charge in [0.2, 0.25) is 17.4 Å². The first kappa shape index (κ1) is 23.7. The fourth-order valence-electron chi connectivity index (χ4n) is 1.77. The molecule has 2 aromatic rings. The van der Waals surface area contributed by atoms with Crippen molar-refractivity contribution >= 4 is 106 Å². The monoisotopic (exact) mass is 853 g/mol. The Morgan fingerprint density at radius 1 is 0.889 bits per heavy atom. The van der Waals surface area contributed by atoms with E-state index < -0.39 is 50.0 Å². The summed E-state index contributed by atoms with van der Waals surface area (Å²) >= 11 is 7.61. The lowest BCUT2D eigenvalue weighted by Crippen LogP contribution is -2.17. The first-order valence-corrected chi connectivity index (χ1v) is 11.9. The smallest absolute Gasteiger partial charge is 0.344 e. The van der Waals surface area contributed by atoms with Crippen LogP contribution in [0.15, 0.2) is 11.0 Å². The van der Waals surface area contributed by atoms with Crippen molar-refractivity contribution in [3.05, 3.63) is 49.2 Å². The van der Waals surface area contributed by atoms with Crippen LogP contribution in [0.2, 0.25) is 0 Å². The van der Waals surface area contributed by atoms with Gasteiger partial charge in [-0.3, -0.25) is 0 Å². The van der Waals surface area contributed by atoms with Gasteiger partial charge in [0, 0.05) is 14.3 Å². The molecule has 14 heteroatoms. The van der Waals surface area contributed by atoms with Crippen molar-refractivity contribution in [1.82, 2.24) is 0 Å². The van der Waals surface area contributed by atoms with Crippen molar-refractivity contribution in [2.45, 2.75) is 4.90 Å². The molecular formula is C13HF4I4O5S-. The van der Waals surface area contributed by atoms with Crippen LogP contribution in [-0.4, -0.2) is 18.9 Å². The number of halogens is 8. The quantitative estimate of drug-likeness (QED) is 0.0846. The van der Waals surface area contributed by atoms with Crippen LogP contribution in [0.1, 0.15) is 10.4 Å². The van der Waals surface area contributed by atoms with E-state index in [1.54, 1.807) is 22.6 Å². The van der Waals surface area contributed by atoms with Crippen LogP contribution in [0, 0.1) is 37.5 Å². The zero-order valence-electron chi connectivity index (χ0n) is 12.1. The van der Waals surface area contributed by atoms with Crippen LogP contribution in [0.5, 0.6) is 5.75 Å². The van der Waals surface area contributed by atoms with Crippen molar-refractivity contribution in [3.8, 4) is 5.75 Å². The summed E-state index contributed by atoms with van der Waals surface area (Å²) in [5, 5.41) is 0. The van der Waals surface area contributed by atoms with Crippen LogP contribution in [-0.2, 0) is 10.1 Å². The Morgan fingerprint density at radius 2 is 1.37 bits per heavy atom. The normalized spacial score (nSPS) is 11.6. The maximum atomic E-state index is 14.0. The molecule has 0 radical (unpaired) electrons. The van der Waals surface area contributed by atoms with E-state index in [0.29, 0.717) is 10.7 Å². The molecule has 0 aliphatic carbocycles. The van der Waals surface area contributed by atoms with E-state index in [-0.39, 0.29) is 5.56 Å². The van der Waals surface area contributed by atoms with Crippen molar-refractivity contribution in [2.24, 2.45) is 0 Å². The largest absolute Gasteiger partial charge is 0.744 e. The summed E-state index contributed by atoms with van der Waals surface area (Å²) in [7, 11) is -5.85. The lowest BCUT2D eigenvalue weighted by molar-refractivity contribution is 0.0715. The van der Waals surface area contributed by atoms with Gasteiger partial charge in [0.15, 0.2) is 11.6 Å². The van der Waals surface area contributed by atoms with E-state index >= 15 is 0 Å². The Bertz CT molecular complexity index is 1060. The van der Waals surface area contributed by atoms with Gasteiger partial charge in [-0.1, -0.05) is 0 Å². The van der Waals surface area contributed by atoms with Crippen molar-refractivity contribution in [2.75, 3.05) is 0 Å². The average molecular weight is 853 g/mol. The fraction of sp³-hybridized carbons (Fsp3) is 0. The number of esters is 1. The topological polar surface area (TPSA) is 83.5 Å². The van der Waals surface area contributed by atoms with Gasteiger partial charge in [-0.15, -0.1) is 0 Å². The number of rotatable bonds is 3. The molecule has 0 spiro atoms. The highest BCUT2D eigenvalue weighted by Gasteiger charge is 2.32. The van der Waals surface area contributed by atoms with Gasteiger partial charge in [-0.05, 0) is 96.4 Å². The minimum absolute atomic E-state index is 0.134. The maximum Gasteiger partial charge on any atom is 0.344 e. The van der Waals surface area contributed by atoms with E-state index in [1.165, 1.54) is 6.07 Å². The van der Waals surface area contributed by atoms with Crippen molar-refractivity contribution in [3.63, 3.8) is 0 Å². The molecule has 2 rings (SSSR count). The number of hydrogen-bond donors (Lipinski definition) is 0. The number of ether oxygens (including phenoxy) is 1. The first-order chi connectivity index (χ1) is 12.3. The molecule has 2 aromatic carbocycles. The predicted octanol–water partition coefficient (Wildman–Crippen LogP) is 4.78. The molecule has 0 N–H and O–H groups in total. The molecular weight excluding hydrogens is 852 g/mol. The van der Waals surface area contributed by atoms with Crippen LogP contribution < -0.4 is 4.74 Å². The molecule has 0 aromatic heterocycles. The molecule has 0 bridgehead atoms. The molecule has 0 amide bonds. The maximum absolute atomic E-state index is 14.0. The zero-order valence-corrected chi connectivity index (χ0v) is 21.5. The molecule has 27 heavy (non-hydrogen) atoms.